The second kappa shape index (κ2) is 5.57. The Morgan fingerprint density at radius 3 is 2.74 bits per heavy atom. The van der Waals surface area contributed by atoms with Gasteiger partial charge >= 0.3 is 6.18 Å². The Bertz CT molecular complexity index is 581. The molecule has 2 aliphatic heterocycles. The number of alkyl halides is 3. The molecule has 0 saturated carbocycles. The first-order chi connectivity index (χ1) is 10.6. The van der Waals surface area contributed by atoms with Gasteiger partial charge in [-0.25, -0.2) is 9.97 Å². The summed E-state index contributed by atoms with van der Waals surface area (Å²) in [6, 6.07) is 0.586. The predicted octanol–water partition coefficient (Wildman–Crippen LogP) is 1.74. The molecule has 0 aliphatic carbocycles. The summed E-state index contributed by atoms with van der Waals surface area (Å²) < 4.78 is 50.0. The molecule has 1 aromatic rings. The first-order valence-electron chi connectivity index (χ1n) is 7.35. The average molecular weight is 332 g/mol. The summed E-state index contributed by atoms with van der Waals surface area (Å²) in [6.45, 7) is 4.95. The van der Waals surface area contributed by atoms with Crippen molar-refractivity contribution in [3.63, 3.8) is 0 Å². The van der Waals surface area contributed by atoms with Crippen molar-refractivity contribution in [1.29, 1.82) is 0 Å². The van der Waals surface area contributed by atoms with Gasteiger partial charge in [0.15, 0.2) is 5.79 Å². The smallest absolute Gasteiger partial charge is 0.347 e. The number of piperidine rings is 1. The first kappa shape index (κ1) is 16.4. The van der Waals surface area contributed by atoms with Crippen molar-refractivity contribution in [3.8, 4) is 0 Å². The number of ether oxygens (including phenoxy) is 2. The largest absolute Gasteiger partial charge is 0.433 e. The molecule has 1 N–H and O–H groups in total. The molecule has 2 fully saturated rings. The van der Waals surface area contributed by atoms with E-state index in [4.69, 9.17) is 9.47 Å². The van der Waals surface area contributed by atoms with E-state index in [0.717, 1.165) is 12.3 Å². The van der Waals surface area contributed by atoms with E-state index in [9.17, 15) is 13.2 Å². The van der Waals surface area contributed by atoms with Crippen LogP contribution in [0.2, 0.25) is 0 Å². The van der Waals surface area contributed by atoms with Crippen molar-refractivity contribution in [2.45, 2.75) is 44.1 Å². The highest BCUT2D eigenvalue weighted by atomic mass is 19.4. The summed E-state index contributed by atoms with van der Waals surface area (Å²) in [6.07, 6.45) is -3.82. The summed E-state index contributed by atoms with van der Waals surface area (Å²) in [5.74, 6) is -0.776. The lowest BCUT2D eigenvalue weighted by Crippen LogP contribution is -2.55. The molecule has 0 amide bonds. The predicted molar refractivity (Wildman–Crippen MR) is 75.8 cm³/mol. The van der Waals surface area contributed by atoms with Crippen LogP contribution in [0.25, 0.3) is 0 Å². The molecule has 3 heterocycles. The van der Waals surface area contributed by atoms with Gasteiger partial charge in [-0.1, -0.05) is 0 Å². The van der Waals surface area contributed by atoms with Crippen LogP contribution in [0, 0.1) is 0 Å². The Morgan fingerprint density at radius 2 is 2.04 bits per heavy atom. The van der Waals surface area contributed by atoms with Gasteiger partial charge in [0.1, 0.15) is 17.9 Å². The van der Waals surface area contributed by atoms with Crippen LogP contribution in [0.1, 0.15) is 19.5 Å². The van der Waals surface area contributed by atoms with Gasteiger partial charge in [-0.3, -0.25) is 0 Å². The molecule has 9 heteroatoms. The van der Waals surface area contributed by atoms with Crippen molar-refractivity contribution in [1.82, 2.24) is 14.9 Å². The van der Waals surface area contributed by atoms with Crippen LogP contribution in [0.4, 0.5) is 19.1 Å². The van der Waals surface area contributed by atoms with Crippen LogP contribution in [0.15, 0.2) is 12.3 Å². The molecular weight excluding hydrogens is 313 g/mol. The zero-order valence-electron chi connectivity index (χ0n) is 13.1. The Kier molecular flexibility index (Phi) is 3.97. The van der Waals surface area contributed by atoms with Crippen LogP contribution < -0.4 is 5.32 Å². The maximum atomic E-state index is 12.8. The first-order valence-corrected chi connectivity index (χ1v) is 7.35. The van der Waals surface area contributed by atoms with E-state index in [1.807, 2.05) is 25.8 Å². The maximum absolute atomic E-state index is 12.8. The van der Waals surface area contributed by atoms with Gasteiger partial charge < -0.3 is 19.7 Å². The fraction of sp³-hybridized carbons (Fsp3) is 0.714. The minimum Gasteiger partial charge on any atom is -0.347 e. The summed E-state index contributed by atoms with van der Waals surface area (Å²) in [5.41, 5.74) is -0.973. The summed E-state index contributed by atoms with van der Waals surface area (Å²) in [5, 5.41) is 2.96. The fourth-order valence-electron chi connectivity index (χ4n) is 3.05. The maximum Gasteiger partial charge on any atom is 0.433 e. The van der Waals surface area contributed by atoms with Gasteiger partial charge in [-0.2, -0.15) is 13.2 Å². The van der Waals surface area contributed by atoms with Gasteiger partial charge in [0.2, 0.25) is 5.95 Å². The van der Waals surface area contributed by atoms with Crippen molar-refractivity contribution in [2.24, 2.45) is 0 Å². The molecule has 0 unspecified atom stereocenters. The molecule has 0 aromatic carbocycles. The number of hydrogen-bond acceptors (Lipinski definition) is 6. The van der Waals surface area contributed by atoms with Crippen molar-refractivity contribution < 1.29 is 22.6 Å². The number of halogens is 3. The van der Waals surface area contributed by atoms with Crippen molar-refractivity contribution in [2.75, 3.05) is 25.5 Å². The van der Waals surface area contributed by atoms with Crippen LogP contribution in [-0.2, 0) is 15.7 Å². The Balaban J connectivity index is 1.79. The Hall–Kier alpha value is -1.45. The minimum atomic E-state index is -4.50. The third-order valence-electron chi connectivity index (χ3n) is 3.88. The second-order valence-electron chi connectivity index (χ2n) is 6.37. The number of fused-ring (bicyclic) bond motifs is 1. The summed E-state index contributed by atoms with van der Waals surface area (Å²) in [7, 11) is 1.92. The molecule has 0 radical (unpaired) electrons. The molecule has 3 atom stereocenters. The Morgan fingerprint density at radius 1 is 1.30 bits per heavy atom. The zero-order chi connectivity index (χ0) is 16.8. The molecule has 128 valence electrons. The molecule has 6 nitrogen and oxygen atoms in total. The molecule has 2 aliphatic rings. The molecule has 23 heavy (non-hydrogen) atoms. The number of rotatable bonds is 2. The normalized spacial score (nSPS) is 31.0. The topological polar surface area (TPSA) is 59.5 Å². The number of nitrogens with one attached hydrogen (secondary N) is 1. The second-order valence-corrected chi connectivity index (χ2v) is 6.37. The molecule has 1 aromatic heterocycles. The number of likely N-dealkylation sites (N-methyl/N-ethyl adjacent to an activating group) is 1. The molecular formula is C14H19F3N4O2. The quantitative estimate of drug-likeness (QED) is 0.890. The van der Waals surface area contributed by atoms with E-state index in [1.165, 1.54) is 0 Å². The third kappa shape index (κ3) is 3.56. The SMILES string of the molecule is CN1C[C@H](Nc2nccc(C(F)(F)F)n2)[C@H]2OC(C)(C)O[C@H]2C1. The minimum absolute atomic E-state index is 0.0628. The van der Waals surface area contributed by atoms with Crippen LogP contribution in [0.3, 0.4) is 0 Å². The van der Waals surface area contributed by atoms with E-state index >= 15 is 0 Å². The lowest BCUT2D eigenvalue weighted by Gasteiger charge is -2.37. The number of likely N-dealkylation sites (tertiary alicyclic amines) is 1. The Labute approximate surface area is 132 Å². The lowest BCUT2D eigenvalue weighted by atomic mass is 10.0. The van der Waals surface area contributed by atoms with Crippen LogP contribution in [0.5, 0.6) is 0 Å². The van der Waals surface area contributed by atoms with E-state index in [0.29, 0.717) is 13.1 Å². The third-order valence-corrected chi connectivity index (χ3v) is 3.88. The highest BCUT2D eigenvalue weighted by Crippen LogP contribution is 2.34. The van der Waals surface area contributed by atoms with Gasteiger partial charge in [-0.15, -0.1) is 0 Å². The lowest BCUT2D eigenvalue weighted by molar-refractivity contribution is -0.145. The van der Waals surface area contributed by atoms with Crippen molar-refractivity contribution >= 4 is 5.95 Å². The number of nitrogens with zero attached hydrogens (tertiary/aromatic N) is 3. The van der Waals surface area contributed by atoms with Crippen LogP contribution in [-0.4, -0.2) is 59.0 Å². The van der Waals surface area contributed by atoms with E-state index in [-0.39, 0.29) is 24.2 Å². The number of anilines is 1. The zero-order valence-corrected chi connectivity index (χ0v) is 13.1. The van der Waals surface area contributed by atoms with Crippen LogP contribution >= 0.6 is 0 Å². The summed E-state index contributed by atoms with van der Waals surface area (Å²) >= 11 is 0. The van der Waals surface area contributed by atoms with Gasteiger partial charge in [-0.05, 0) is 27.0 Å². The molecule has 3 rings (SSSR count). The monoisotopic (exact) mass is 332 g/mol. The fourth-order valence-corrected chi connectivity index (χ4v) is 3.05. The van der Waals surface area contributed by atoms with Crippen molar-refractivity contribution in [3.05, 3.63) is 18.0 Å². The highest BCUT2D eigenvalue weighted by molar-refractivity contribution is 5.29. The molecule has 0 bridgehead atoms. The van der Waals surface area contributed by atoms with Gasteiger partial charge in [0, 0.05) is 19.3 Å². The number of hydrogen-bond donors (Lipinski definition) is 1. The highest BCUT2D eigenvalue weighted by Gasteiger charge is 2.48. The van der Waals surface area contributed by atoms with E-state index in [1.54, 1.807) is 0 Å². The number of aromatic nitrogens is 2. The standard InChI is InChI=1S/C14H19F3N4O2/c1-13(2)22-9-7-21(3)6-8(11(9)23-13)19-12-18-5-4-10(20-12)14(15,16)17/h4-5,8-9,11H,6-7H2,1-3H3,(H,18,19,20)/t8-,9-,11+/m0/s1. The average Bonchev–Trinajstić information content (AvgIpc) is 2.72. The van der Waals surface area contributed by atoms with E-state index in [2.05, 4.69) is 15.3 Å². The molecule has 0 spiro atoms. The van der Waals surface area contributed by atoms with Gasteiger partial charge in [0.25, 0.3) is 0 Å². The van der Waals surface area contributed by atoms with E-state index < -0.39 is 17.7 Å². The molecule has 2 saturated heterocycles. The summed E-state index contributed by atoms with van der Waals surface area (Å²) in [4.78, 5) is 9.48. The van der Waals surface area contributed by atoms with Gasteiger partial charge in [0.05, 0.1) is 6.04 Å².